The summed E-state index contributed by atoms with van der Waals surface area (Å²) in [6.45, 7) is 3.50. The average Bonchev–Trinajstić information content (AvgIpc) is 2.53. The Labute approximate surface area is 105 Å². The lowest BCUT2D eigenvalue weighted by Gasteiger charge is -2.03. The standard InChI is InChI=1S/C10H16N2O3S2/c1-5(2)7(13)8-6(11)9(17(4,14)15)10(12-3)16-8/h5,12H,11H2,1-4H3. The zero-order valence-electron chi connectivity index (χ0n) is 10.2. The van der Waals surface area contributed by atoms with Gasteiger partial charge >= 0.3 is 0 Å². The van der Waals surface area contributed by atoms with Gasteiger partial charge in [-0.2, -0.15) is 0 Å². The molecule has 0 aliphatic rings. The second-order valence-electron chi connectivity index (χ2n) is 4.04. The van der Waals surface area contributed by atoms with E-state index in [4.69, 9.17) is 5.73 Å². The van der Waals surface area contributed by atoms with Gasteiger partial charge in [0.2, 0.25) is 0 Å². The Hall–Kier alpha value is -1.08. The van der Waals surface area contributed by atoms with E-state index in [0.717, 1.165) is 17.6 Å². The number of rotatable bonds is 4. The molecule has 0 aliphatic heterocycles. The first kappa shape index (κ1) is 14.0. The molecule has 0 bridgehead atoms. The molecular weight excluding hydrogens is 260 g/mol. The van der Waals surface area contributed by atoms with E-state index in [-0.39, 0.29) is 22.3 Å². The molecule has 0 saturated heterocycles. The van der Waals surface area contributed by atoms with E-state index in [1.54, 1.807) is 20.9 Å². The summed E-state index contributed by atoms with van der Waals surface area (Å²) in [5.41, 5.74) is 5.83. The quantitative estimate of drug-likeness (QED) is 0.816. The minimum atomic E-state index is -3.44. The van der Waals surface area contributed by atoms with Crippen LogP contribution in [0, 0.1) is 5.92 Å². The normalized spacial score (nSPS) is 11.8. The Kier molecular flexibility index (Phi) is 3.83. The van der Waals surface area contributed by atoms with E-state index in [0.29, 0.717) is 9.88 Å². The molecule has 1 heterocycles. The number of ketones is 1. The van der Waals surface area contributed by atoms with Gasteiger partial charge in [-0.3, -0.25) is 4.79 Å². The summed E-state index contributed by atoms with van der Waals surface area (Å²) < 4.78 is 23.2. The highest BCUT2D eigenvalue weighted by atomic mass is 32.2. The predicted molar refractivity (Wildman–Crippen MR) is 70.6 cm³/mol. The largest absolute Gasteiger partial charge is 0.396 e. The summed E-state index contributed by atoms with van der Waals surface area (Å²) in [6, 6.07) is 0. The van der Waals surface area contributed by atoms with Crippen LogP contribution in [0.15, 0.2) is 4.90 Å². The van der Waals surface area contributed by atoms with Crippen molar-refractivity contribution in [1.82, 2.24) is 0 Å². The van der Waals surface area contributed by atoms with Crippen molar-refractivity contribution in [3.05, 3.63) is 4.88 Å². The molecule has 0 spiro atoms. The zero-order valence-corrected chi connectivity index (χ0v) is 11.8. The van der Waals surface area contributed by atoms with Crippen molar-refractivity contribution in [3.8, 4) is 0 Å². The number of nitrogens with one attached hydrogen (secondary N) is 1. The summed E-state index contributed by atoms with van der Waals surface area (Å²) in [4.78, 5) is 12.2. The van der Waals surface area contributed by atoms with Gasteiger partial charge in [0.25, 0.3) is 0 Å². The van der Waals surface area contributed by atoms with Gasteiger partial charge in [-0.25, -0.2) is 8.42 Å². The minimum absolute atomic E-state index is 0.0222. The van der Waals surface area contributed by atoms with Gasteiger partial charge in [0.15, 0.2) is 15.6 Å². The average molecular weight is 276 g/mol. The molecule has 0 unspecified atom stereocenters. The highest BCUT2D eigenvalue weighted by Gasteiger charge is 2.27. The van der Waals surface area contributed by atoms with Crippen molar-refractivity contribution in [2.75, 3.05) is 24.4 Å². The van der Waals surface area contributed by atoms with Gasteiger partial charge in [-0.1, -0.05) is 13.8 Å². The maximum absolute atomic E-state index is 11.9. The Morgan fingerprint density at radius 3 is 2.24 bits per heavy atom. The summed E-state index contributed by atoms with van der Waals surface area (Å²) in [7, 11) is -1.84. The molecule has 96 valence electrons. The number of hydrogen-bond donors (Lipinski definition) is 2. The molecule has 1 aromatic rings. The Balaban J connectivity index is 3.50. The Bertz CT molecular complexity index is 544. The highest BCUT2D eigenvalue weighted by Crippen LogP contribution is 2.39. The molecule has 3 N–H and O–H groups in total. The molecule has 0 aliphatic carbocycles. The van der Waals surface area contributed by atoms with Crippen LogP contribution in [0.3, 0.4) is 0 Å². The molecule has 0 saturated carbocycles. The molecule has 0 atom stereocenters. The van der Waals surface area contributed by atoms with Crippen LogP contribution in [0.25, 0.3) is 0 Å². The van der Waals surface area contributed by atoms with Crippen molar-refractivity contribution in [2.24, 2.45) is 5.92 Å². The molecule has 0 amide bonds. The fraction of sp³-hybridized carbons (Fsp3) is 0.500. The number of hydrogen-bond acceptors (Lipinski definition) is 6. The summed E-state index contributed by atoms with van der Waals surface area (Å²) >= 11 is 1.08. The smallest absolute Gasteiger partial charge is 0.180 e. The van der Waals surface area contributed by atoms with Crippen molar-refractivity contribution in [1.29, 1.82) is 0 Å². The summed E-state index contributed by atoms with van der Waals surface area (Å²) in [6.07, 6.45) is 1.08. The van der Waals surface area contributed by atoms with E-state index in [1.807, 2.05) is 0 Å². The van der Waals surface area contributed by atoms with Gasteiger partial charge in [-0.15, -0.1) is 11.3 Å². The van der Waals surface area contributed by atoms with Crippen LogP contribution >= 0.6 is 11.3 Å². The van der Waals surface area contributed by atoms with Gasteiger partial charge in [-0.05, 0) is 0 Å². The second-order valence-corrected chi connectivity index (χ2v) is 7.02. The number of thiophene rings is 1. The van der Waals surface area contributed by atoms with E-state index < -0.39 is 9.84 Å². The second kappa shape index (κ2) is 4.66. The van der Waals surface area contributed by atoms with E-state index in [1.165, 1.54) is 0 Å². The third-order valence-electron chi connectivity index (χ3n) is 2.25. The van der Waals surface area contributed by atoms with Crippen molar-refractivity contribution < 1.29 is 13.2 Å². The Morgan fingerprint density at radius 2 is 1.94 bits per heavy atom. The van der Waals surface area contributed by atoms with Crippen LogP contribution < -0.4 is 11.1 Å². The van der Waals surface area contributed by atoms with Crippen LogP contribution in [-0.2, 0) is 9.84 Å². The molecule has 0 aromatic carbocycles. The SMILES string of the molecule is CNc1sc(C(=O)C(C)C)c(N)c1S(C)(=O)=O. The number of Topliss-reactive ketones (excluding diaryl/α,β-unsaturated/α-hetero) is 1. The molecule has 5 nitrogen and oxygen atoms in total. The lowest BCUT2D eigenvalue weighted by molar-refractivity contribution is 0.0944. The first-order valence-corrected chi connectivity index (χ1v) is 7.75. The molecule has 0 fully saturated rings. The van der Waals surface area contributed by atoms with Gasteiger partial charge in [0, 0.05) is 19.2 Å². The Morgan fingerprint density at radius 1 is 1.41 bits per heavy atom. The predicted octanol–water partition coefficient (Wildman–Crippen LogP) is 1.61. The number of nitrogen functional groups attached to an aromatic ring is 1. The zero-order chi connectivity index (χ0) is 13.4. The van der Waals surface area contributed by atoms with Crippen LogP contribution in [0.5, 0.6) is 0 Å². The number of sulfone groups is 1. The van der Waals surface area contributed by atoms with Crippen molar-refractivity contribution in [3.63, 3.8) is 0 Å². The molecule has 1 aromatic heterocycles. The third-order valence-corrected chi connectivity index (χ3v) is 4.78. The lowest BCUT2D eigenvalue weighted by atomic mass is 10.1. The van der Waals surface area contributed by atoms with E-state index in [2.05, 4.69) is 5.32 Å². The highest BCUT2D eigenvalue weighted by molar-refractivity contribution is 7.91. The lowest BCUT2D eigenvalue weighted by Crippen LogP contribution is -2.09. The molecule has 1 rings (SSSR count). The fourth-order valence-corrected chi connectivity index (χ4v) is 4.05. The van der Waals surface area contributed by atoms with Crippen molar-refractivity contribution >= 4 is 37.6 Å². The minimum Gasteiger partial charge on any atom is -0.396 e. The number of carbonyl (C=O) groups is 1. The monoisotopic (exact) mass is 276 g/mol. The van der Waals surface area contributed by atoms with Gasteiger partial charge in [0.1, 0.15) is 9.90 Å². The first-order chi connectivity index (χ1) is 7.70. The van der Waals surface area contributed by atoms with Crippen LogP contribution in [0.4, 0.5) is 10.7 Å². The topological polar surface area (TPSA) is 89.3 Å². The summed E-state index contributed by atoms with van der Waals surface area (Å²) in [5, 5.41) is 3.18. The fourth-order valence-electron chi connectivity index (χ4n) is 1.41. The molecule has 7 heteroatoms. The van der Waals surface area contributed by atoms with Crippen LogP contribution in [0.1, 0.15) is 23.5 Å². The van der Waals surface area contributed by atoms with Crippen molar-refractivity contribution in [2.45, 2.75) is 18.7 Å². The van der Waals surface area contributed by atoms with E-state index in [9.17, 15) is 13.2 Å². The van der Waals surface area contributed by atoms with E-state index >= 15 is 0 Å². The number of anilines is 2. The third kappa shape index (κ3) is 2.61. The maximum Gasteiger partial charge on any atom is 0.180 e. The van der Waals surface area contributed by atoms with Gasteiger partial charge < -0.3 is 11.1 Å². The molecule has 17 heavy (non-hydrogen) atoms. The van der Waals surface area contributed by atoms with Crippen LogP contribution in [0.2, 0.25) is 0 Å². The molecular formula is C10H16N2O3S2. The van der Waals surface area contributed by atoms with Gasteiger partial charge in [0.05, 0.1) is 10.6 Å². The first-order valence-electron chi connectivity index (χ1n) is 5.04. The van der Waals surface area contributed by atoms with Crippen LogP contribution in [-0.4, -0.2) is 27.5 Å². The summed E-state index contributed by atoms with van der Waals surface area (Å²) in [5.74, 6) is -0.355. The number of carbonyl (C=O) groups excluding carboxylic acids is 1. The maximum atomic E-state index is 11.9. The number of nitrogens with two attached hydrogens (primary N) is 1. The molecule has 0 radical (unpaired) electrons.